The Morgan fingerprint density at radius 3 is 2.85 bits per heavy atom. The standard InChI is InChI=1S/C19H29N3O3S/c23-26(24,19-11-20-21(12-19)18-5-7-25-13-18)22-6-1-2-17(22)10-16-9-14-3-4-15(16)8-14/h11-12,14-18H,1-10,13H2. The van der Waals surface area contributed by atoms with Gasteiger partial charge in [-0.1, -0.05) is 6.42 Å². The van der Waals surface area contributed by atoms with Crippen LogP contribution in [-0.4, -0.2) is 48.3 Å². The van der Waals surface area contributed by atoms with Gasteiger partial charge in [0.1, 0.15) is 4.90 Å². The Hall–Kier alpha value is -0.920. The second-order valence-electron chi connectivity index (χ2n) is 8.76. The van der Waals surface area contributed by atoms with Crippen LogP contribution in [0.5, 0.6) is 0 Å². The van der Waals surface area contributed by atoms with Crippen molar-refractivity contribution in [3.05, 3.63) is 12.4 Å². The molecule has 1 aromatic heterocycles. The maximum atomic E-state index is 13.2. The van der Waals surface area contributed by atoms with E-state index in [2.05, 4.69) is 5.10 Å². The highest BCUT2D eigenvalue weighted by atomic mass is 32.2. The van der Waals surface area contributed by atoms with Crippen LogP contribution in [0.15, 0.2) is 17.3 Å². The first-order chi connectivity index (χ1) is 12.6. The van der Waals surface area contributed by atoms with Crippen molar-refractivity contribution in [3.63, 3.8) is 0 Å². The van der Waals surface area contributed by atoms with Crippen LogP contribution in [0.1, 0.15) is 57.4 Å². The highest BCUT2D eigenvalue weighted by Gasteiger charge is 2.43. The first-order valence-corrected chi connectivity index (χ1v) is 11.7. The summed E-state index contributed by atoms with van der Waals surface area (Å²) in [5, 5.41) is 4.33. The van der Waals surface area contributed by atoms with Gasteiger partial charge in [0.25, 0.3) is 0 Å². The maximum absolute atomic E-state index is 13.2. The molecule has 4 fully saturated rings. The van der Waals surface area contributed by atoms with E-state index in [-0.39, 0.29) is 12.1 Å². The molecular weight excluding hydrogens is 350 g/mol. The van der Waals surface area contributed by atoms with Crippen molar-refractivity contribution in [1.82, 2.24) is 14.1 Å². The minimum absolute atomic E-state index is 0.169. The summed E-state index contributed by atoms with van der Waals surface area (Å²) >= 11 is 0. The Bertz CT molecular complexity index is 756. The molecule has 26 heavy (non-hydrogen) atoms. The van der Waals surface area contributed by atoms with Gasteiger partial charge >= 0.3 is 0 Å². The third-order valence-electron chi connectivity index (χ3n) is 7.25. The third kappa shape index (κ3) is 2.92. The van der Waals surface area contributed by atoms with Gasteiger partial charge < -0.3 is 4.74 Å². The molecule has 0 spiro atoms. The zero-order valence-electron chi connectivity index (χ0n) is 15.3. The summed E-state index contributed by atoms with van der Waals surface area (Å²) in [5.74, 6) is 2.52. The summed E-state index contributed by atoms with van der Waals surface area (Å²) in [5.41, 5.74) is 0. The van der Waals surface area contributed by atoms with E-state index < -0.39 is 10.0 Å². The molecule has 6 nitrogen and oxygen atoms in total. The van der Waals surface area contributed by atoms with Crippen LogP contribution in [0.2, 0.25) is 0 Å². The van der Waals surface area contributed by atoms with Crippen LogP contribution in [0, 0.1) is 17.8 Å². The molecule has 0 radical (unpaired) electrons. The molecule has 5 unspecified atom stereocenters. The Labute approximate surface area is 155 Å². The highest BCUT2D eigenvalue weighted by Crippen LogP contribution is 2.51. The van der Waals surface area contributed by atoms with Gasteiger partial charge in [0.2, 0.25) is 10.0 Å². The molecule has 0 aromatic carbocycles. The molecule has 144 valence electrons. The summed E-state index contributed by atoms with van der Waals surface area (Å²) in [6.07, 6.45) is 12.7. The molecule has 2 saturated heterocycles. The van der Waals surface area contributed by atoms with Gasteiger partial charge in [0.05, 0.1) is 18.8 Å². The Morgan fingerprint density at radius 2 is 2.12 bits per heavy atom. The van der Waals surface area contributed by atoms with E-state index in [0.29, 0.717) is 18.0 Å². The van der Waals surface area contributed by atoms with Crippen molar-refractivity contribution in [1.29, 1.82) is 0 Å². The van der Waals surface area contributed by atoms with Crippen molar-refractivity contribution in [2.75, 3.05) is 19.8 Å². The summed E-state index contributed by atoms with van der Waals surface area (Å²) < 4.78 is 35.5. The number of nitrogens with zero attached hydrogens (tertiary/aromatic N) is 3. The average Bonchev–Trinajstić information content (AvgIpc) is 3.42. The largest absolute Gasteiger partial charge is 0.379 e. The Balaban J connectivity index is 1.32. The van der Waals surface area contributed by atoms with E-state index >= 15 is 0 Å². The monoisotopic (exact) mass is 379 g/mol. The molecule has 3 heterocycles. The summed E-state index contributed by atoms with van der Waals surface area (Å²) in [4.78, 5) is 0.351. The van der Waals surface area contributed by atoms with Gasteiger partial charge in [-0.3, -0.25) is 4.68 Å². The first-order valence-electron chi connectivity index (χ1n) is 10.2. The topological polar surface area (TPSA) is 64.4 Å². The van der Waals surface area contributed by atoms with Crippen molar-refractivity contribution < 1.29 is 13.2 Å². The van der Waals surface area contributed by atoms with Gasteiger partial charge in [-0.05, 0) is 62.7 Å². The molecule has 5 atom stereocenters. The molecule has 0 amide bonds. The molecule has 0 N–H and O–H groups in total. The lowest BCUT2D eigenvalue weighted by molar-refractivity contribution is 0.184. The fraction of sp³-hybridized carbons (Fsp3) is 0.842. The number of fused-ring (bicyclic) bond motifs is 2. The second kappa shape index (κ2) is 6.60. The van der Waals surface area contributed by atoms with Gasteiger partial charge in [0.15, 0.2) is 0 Å². The van der Waals surface area contributed by atoms with Crippen molar-refractivity contribution in [3.8, 4) is 0 Å². The minimum atomic E-state index is -3.44. The highest BCUT2D eigenvalue weighted by molar-refractivity contribution is 7.89. The van der Waals surface area contributed by atoms with Crippen LogP contribution in [0.25, 0.3) is 0 Å². The number of ether oxygens (including phenoxy) is 1. The quantitative estimate of drug-likeness (QED) is 0.789. The van der Waals surface area contributed by atoms with Gasteiger partial charge in [-0.15, -0.1) is 0 Å². The SMILES string of the molecule is O=S(=O)(c1cnn(C2CCOC2)c1)N1CCCC1CC1CC2CCC1C2. The lowest BCUT2D eigenvalue weighted by atomic mass is 9.84. The summed E-state index contributed by atoms with van der Waals surface area (Å²) in [7, 11) is -3.44. The first kappa shape index (κ1) is 17.2. The predicted molar refractivity (Wildman–Crippen MR) is 97.2 cm³/mol. The van der Waals surface area contributed by atoms with Crippen molar-refractivity contribution in [2.45, 2.75) is 68.3 Å². The van der Waals surface area contributed by atoms with Crippen molar-refractivity contribution in [2.24, 2.45) is 17.8 Å². The van der Waals surface area contributed by atoms with Crippen molar-refractivity contribution >= 4 is 10.0 Å². The average molecular weight is 380 g/mol. The zero-order valence-corrected chi connectivity index (χ0v) is 16.1. The second-order valence-corrected chi connectivity index (χ2v) is 10.6. The number of hydrogen-bond donors (Lipinski definition) is 0. The molecule has 7 heteroatoms. The maximum Gasteiger partial charge on any atom is 0.246 e. The molecule has 2 aliphatic carbocycles. The normalized spacial score (nSPS) is 37.8. The van der Waals surface area contributed by atoms with E-state index in [4.69, 9.17) is 4.74 Å². The fourth-order valence-electron chi connectivity index (χ4n) is 5.90. The molecule has 5 rings (SSSR count). The van der Waals surface area contributed by atoms with Crippen LogP contribution < -0.4 is 0 Å². The van der Waals surface area contributed by atoms with E-state index in [9.17, 15) is 8.42 Å². The number of sulfonamides is 1. The summed E-state index contributed by atoms with van der Waals surface area (Å²) in [6, 6.07) is 0.352. The lowest BCUT2D eigenvalue weighted by Crippen LogP contribution is -2.37. The van der Waals surface area contributed by atoms with E-state index in [1.807, 2.05) is 0 Å². The molecular formula is C19H29N3O3S. The fourth-order valence-corrected chi connectivity index (χ4v) is 7.54. The molecule has 1 aromatic rings. The van der Waals surface area contributed by atoms with E-state index in [1.165, 1.54) is 31.9 Å². The number of rotatable bonds is 5. The number of hydrogen-bond acceptors (Lipinski definition) is 4. The minimum Gasteiger partial charge on any atom is -0.379 e. The Kier molecular flexibility index (Phi) is 4.37. The van der Waals surface area contributed by atoms with Crippen LogP contribution in [0.4, 0.5) is 0 Å². The van der Waals surface area contributed by atoms with Gasteiger partial charge in [0, 0.05) is 25.4 Å². The van der Waals surface area contributed by atoms with Crippen LogP contribution >= 0.6 is 0 Å². The van der Waals surface area contributed by atoms with E-state index in [0.717, 1.165) is 50.0 Å². The van der Waals surface area contributed by atoms with Crippen LogP contribution in [0.3, 0.4) is 0 Å². The Morgan fingerprint density at radius 1 is 1.19 bits per heavy atom. The number of aromatic nitrogens is 2. The van der Waals surface area contributed by atoms with Gasteiger partial charge in [-0.2, -0.15) is 9.40 Å². The smallest absolute Gasteiger partial charge is 0.246 e. The predicted octanol–water partition coefficient (Wildman–Crippen LogP) is 2.82. The van der Waals surface area contributed by atoms with Crippen LogP contribution in [-0.2, 0) is 14.8 Å². The zero-order chi connectivity index (χ0) is 17.7. The lowest BCUT2D eigenvalue weighted by Gasteiger charge is -2.29. The van der Waals surface area contributed by atoms with E-state index in [1.54, 1.807) is 15.2 Å². The van der Waals surface area contributed by atoms with Gasteiger partial charge in [-0.25, -0.2) is 8.42 Å². The third-order valence-corrected chi connectivity index (χ3v) is 9.15. The molecule has 2 bridgehead atoms. The molecule has 2 saturated carbocycles. The summed E-state index contributed by atoms with van der Waals surface area (Å²) in [6.45, 7) is 2.01. The molecule has 2 aliphatic heterocycles. The molecule has 4 aliphatic rings.